The number of nitrogens with zero attached hydrogens (tertiary/aromatic N) is 3. The van der Waals surface area contributed by atoms with Crippen molar-refractivity contribution in [1.82, 2.24) is 15.0 Å². The summed E-state index contributed by atoms with van der Waals surface area (Å²) in [4.78, 5) is 12.2. The third-order valence-electron chi connectivity index (χ3n) is 2.96. The maximum Gasteiger partial charge on any atom is 0.323 e. The van der Waals surface area contributed by atoms with E-state index in [0.717, 1.165) is 18.9 Å². The first-order valence-electron chi connectivity index (χ1n) is 7.89. The summed E-state index contributed by atoms with van der Waals surface area (Å²) in [6, 6.07) is 0.275. The highest BCUT2D eigenvalue weighted by molar-refractivity contribution is 5.32. The van der Waals surface area contributed by atoms with Crippen molar-refractivity contribution in [1.29, 1.82) is 0 Å². The van der Waals surface area contributed by atoms with Crippen molar-refractivity contribution < 1.29 is 4.74 Å². The molecule has 0 aliphatic carbocycles. The Labute approximate surface area is 127 Å². The molecule has 6 heteroatoms. The van der Waals surface area contributed by atoms with E-state index in [9.17, 15) is 0 Å². The third-order valence-corrected chi connectivity index (χ3v) is 2.96. The minimum atomic E-state index is 0.0145. The quantitative estimate of drug-likeness (QED) is 0.644. The van der Waals surface area contributed by atoms with Crippen LogP contribution in [0.1, 0.15) is 59.8 Å². The summed E-state index contributed by atoms with van der Waals surface area (Å²) in [6.07, 6.45) is 6.23. The number of aromatic nitrogens is 3. The molecule has 0 saturated heterocycles. The Balaban J connectivity index is 2.27. The summed E-state index contributed by atoms with van der Waals surface area (Å²) in [5, 5.41) is 3.18. The molecule has 0 amide bonds. The first-order chi connectivity index (χ1) is 9.97. The molecule has 21 heavy (non-hydrogen) atoms. The molecule has 120 valence electrons. The zero-order valence-corrected chi connectivity index (χ0v) is 13.7. The van der Waals surface area contributed by atoms with E-state index >= 15 is 0 Å². The number of nitrogen functional groups attached to an aromatic ring is 1. The highest BCUT2D eigenvalue weighted by Gasteiger charge is 2.06. The SMILES string of the molecule is CC(C)CCCCCCNc1nc(N)nc(OC(C)C)n1. The van der Waals surface area contributed by atoms with Crippen LogP contribution in [0.4, 0.5) is 11.9 Å². The van der Waals surface area contributed by atoms with Gasteiger partial charge in [-0.2, -0.15) is 15.0 Å². The molecule has 1 aromatic heterocycles. The van der Waals surface area contributed by atoms with E-state index < -0.39 is 0 Å². The Morgan fingerprint density at radius 2 is 1.71 bits per heavy atom. The molecule has 0 aromatic carbocycles. The van der Waals surface area contributed by atoms with E-state index in [-0.39, 0.29) is 18.1 Å². The fourth-order valence-electron chi connectivity index (χ4n) is 1.95. The van der Waals surface area contributed by atoms with Crippen LogP contribution < -0.4 is 15.8 Å². The van der Waals surface area contributed by atoms with Gasteiger partial charge in [0.25, 0.3) is 0 Å². The van der Waals surface area contributed by atoms with E-state index in [1.165, 1.54) is 25.7 Å². The zero-order chi connectivity index (χ0) is 15.7. The van der Waals surface area contributed by atoms with Crippen molar-refractivity contribution in [3.05, 3.63) is 0 Å². The van der Waals surface area contributed by atoms with Crippen molar-refractivity contribution in [3.63, 3.8) is 0 Å². The normalized spacial score (nSPS) is 11.1. The van der Waals surface area contributed by atoms with Gasteiger partial charge in [0.15, 0.2) is 0 Å². The number of hydrogen-bond acceptors (Lipinski definition) is 6. The molecule has 3 N–H and O–H groups in total. The third kappa shape index (κ3) is 8.32. The highest BCUT2D eigenvalue weighted by atomic mass is 16.5. The minimum Gasteiger partial charge on any atom is -0.461 e. The molecule has 0 radical (unpaired) electrons. The van der Waals surface area contributed by atoms with Gasteiger partial charge in [-0.1, -0.05) is 39.5 Å². The van der Waals surface area contributed by atoms with Gasteiger partial charge in [0.2, 0.25) is 11.9 Å². The molecule has 0 aliphatic rings. The average molecular weight is 295 g/mol. The minimum absolute atomic E-state index is 0.0145. The molecule has 0 aliphatic heterocycles. The van der Waals surface area contributed by atoms with Crippen LogP contribution in [0, 0.1) is 5.92 Å². The van der Waals surface area contributed by atoms with Crippen molar-refractivity contribution in [3.8, 4) is 6.01 Å². The van der Waals surface area contributed by atoms with Crippen LogP contribution in [0.15, 0.2) is 0 Å². The molecule has 0 spiro atoms. The second-order valence-electron chi connectivity index (χ2n) is 5.99. The van der Waals surface area contributed by atoms with Gasteiger partial charge >= 0.3 is 6.01 Å². The Bertz CT molecular complexity index is 409. The van der Waals surface area contributed by atoms with E-state index in [1.54, 1.807) is 0 Å². The van der Waals surface area contributed by atoms with Gasteiger partial charge in [-0.15, -0.1) is 0 Å². The lowest BCUT2D eigenvalue weighted by molar-refractivity contribution is 0.222. The number of nitrogens with two attached hydrogens (primary N) is 1. The van der Waals surface area contributed by atoms with Crippen LogP contribution in [-0.2, 0) is 0 Å². The van der Waals surface area contributed by atoms with Crippen LogP contribution in [0.2, 0.25) is 0 Å². The molecule has 0 saturated carbocycles. The van der Waals surface area contributed by atoms with E-state index in [4.69, 9.17) is 10.5 Å². The van der Waals surface area contributed by atoms with Gasteiger partial charge in [0.1, 0.15) is 0 Å². The summed E-state index contributed by atoms with van der Waals surface area (Å²) in [6.45, 7) is 9.22. The molecular formula is C15H29N5O. The number of anilines is 2. The lowest BCUT2D eigenvalue weighted by atomic mass is 10.0. The zero-order valence-electron chi connectivity index (χ0n) is 13.7. The summed E-state index contributed by atoms with van der Waals surface area (Å²) < 4.78 is 5.44. The van der Waals surface area contributed by atoms with Gasteiger partial charge < -0.3 is 15.8 Å². The fraction of sp³-hybridized carbons (Fsp3) is 0.800. The maximum atomic E-state index is 5.65. The van der Waals surface area contributed by atoms with E-state index in [2.05, 4.69) is 34.1 Å². The second kappa shape index (κ2) is 9.37. The van der Waals surface area contributed by atoms with Crippen molar-refractivity contribution in [2.24, 2.45) is 5.92 Å². The number of unbranched alkanes of at least 4 members (excludes halogenated alkanes) is 3. The highest BCUT2D eigenvalue weighted by Crippen LogP contribution is 2.12. The standard InChI is InChI=1S/C15H29N5O/c1-11(2)9-7-5-6-8-10-17-14-18-13(16)19-15(20-14)21-12(3)4/h11-12H,5-10H2,1-4H3,(H3,16,17,18,19,20). The Kier molecular flexibility index (Phi) is 7.79. The number of nitrogens with one attached hydrogen (secondary N) is 1. The summed E-state index contributed by atoms with van der Waals surface area (Å²) >= 11 is 0. The van der Waals surface area contributed by atoms with E-state index in [0.29, 0.717) is 5.95 Å². The smallest absolute Gasteiger partial charge is 0.323 e. The Morgan fingerprint density at radius 1 is 1.00 bits per heavy atom. The molecule has 0 atom stereocenters. The second-order valence-corrected chi connectivity index (χ2v) is 5.99. The van der Waals surface area contributed by atoms with Gasteiger partial charge in [0, 0.05) is 6.54 Å². The largest absolute Gasteiger partial charge is 0.461 e. The molecular weight excluding hydrogens is 266 g/mol. The summed E-state index contributed by atoms with van der Waals surface area (Å²) in [5.74, 6) is 1.47. The lowest BCUT2D eigenvalue weighted by Gasteiger charge is -2.10. The molecule has 0 fully saturated rings. The van der Waals surface area contributed by atoms with E-state index in [1.807, 2.05) is 13.8 Å². The summed E-state index contributed by atoms with van der Waals surface area (Å²) in [7, 11) is 0. The van der Waals surface area contributed by atoms with Crippen LogP contribution in [0.5, 0.6) is 6.01 Å². The monoisotopic (exact) mass is 295 g/mol. The van der Waals surface area contributed by atoms with Crippen molar-refractivity contribution in [2.45, 2.75) is 65.9 Å². The average Bonchev–Trinajstić information content (AvgIpc) is 2.35. The molecule has 1 aromatic rings. The van der Waals surface area contributed by atoms with Crippen LogP contribution in [0.25, 0.3) is 0 Å². The lowest BCUT2D eigenvalue weighted by Crippen LogP contribution is -2.13. The molecule has 1 rings (SSSR count). The molecule has 0 unspecified atom stereocenters. The molecule has 1 heterocycles. The van der Waals surface area contributed by atoms with Crippen molar-refractivity contribution in [2.75, 3.05) is 17.6 Å². The molecule has 0 bridgehead atoms. The number of rotatable bonds is 10. The first-order valence-corrected chi connectivity index (χ1v) is 7.89. The van der Waals surface area contributed by atoms with Crippen LogP contribution in [-0.4, -0.2) is 27.6 Å². The predicted molar refractivity (Wildman–Crippen MR) is 86.4 cm³/mol. The number of hydrogen-bond donors (Lipinski definition) is 2. The van der Waals surface area contributed by atoms with Crippen molar-refractivity contribution >= 4 is 11.9 Å². The Morgan fingerprint density at radius 3 is 2.38 bits per heavy atom. The van der Waals surface area contributed by atoms with Gasteiger partial charge in [-0.05, 0) is 26.2 Å². The predicted octanol–water partition coefficient (Wildman–Crippen LogP) is 3.26. The Hall–Kier alpha value is -1.59. The first kappa shape index (κ1) is 17.5. The maximum absolute atomic E-state index is 5.65. The summed E-state index contributed by atoms with van der Waals surface area (Å²) in [5.41, 5.74) is 5.65. The fourth-order valence-corrected chi connectivity index (χ4v) is 1.95. The van der Waals surface area contributed by atoms with Gasteiger partial charge in [-0.25, -0.2) is 0 Å². The molecule has 6 nitrogen and oxygen atoms in total. The van der Waals surface area contributed by atoms with Crippen LogP contribution >= 0.6 is 0 Å². The number of ether oxygens (including phenoxy) is 1. The van der Waals surface area contributed by atoms with Gasteiger partial charge in [0.05, 0.1) is 6.10 Å². The topological polar surface area (TPSA) is 86.0 Å². The van der Waals surface area contributed by atoms with Gasteiger partial charge in [-0.3, -0.25) is 0 Å². The van der Waals surface area contributed by atoms with Crippen LogP contribution in [0.3, 0.4) is 0 Å².